The molecule has 4 rings (SSSR count). The number of anilines is 1. The summed E-state index contributed by atoms with van der Waals surface area (Å²) in [6.07, 6.45) is 6.65. The Morgan fingerprint density at radius 2 is 1.76 bits per heavy atom. The first-order valence-corrected chi connectivity index (χ1v) is 12.5. The molecule has 3 N–H and O–H groups in total. The molecule has 2 aromatic heterocycles. The van der Waals surface area contributed by atoms with E-state index in [2.05, 4.69) is 17.2 Å². The number of rotatable bonds is 12. The summed E-state index contributed by atoms with van der Waals surface area (Å²) in [4.78, 5) is 29.6. The van der Waals surface area contributed by atoms with Crippen LogP contribution in [0.3, 0.4) is 0 Å². The van der Waals surface area contributed by atoms with Crippen molar-refractivity contribution in [2.75, 3.05) is 5.32 Å². The van der Waals surface area contributed by atoms with Gasteiger partial charge in [-0.2, -0.15) is 0 Å². The van der Waals surface area contributed by atoms with Gasteiger partial charge in [-0.3, -0.25) is 4.79 Å². The van der Waals surface area contributed by atoms with Gasteiger partial charge in [0.05, 0.1) is 18.5 Å². The van der Waals surface area contributed by atoms with Crippen LogP contribution in [0.25, 0.3) is 0 Å². The van der Waals surface area contributed by atoms with E-state index in [1.807, 2.05) is 59.2 Å². The van der Waals surface area contributed by atoms with Crippen molar-refractivity contribution in [3.63, 3.8) is 0 Å². The summed E-state index contributed by atoms with van der Waals surface area (Å²) in [6, 6.07) is 19.5. The monoisotopic (exact) mass is 500 g/mol. The smallest absolute Gasteiger partial charge is 0.352 e. The van der Waals surface area contributed by atoms with Crippen molar-refractivity contribution >= 4 is 17.6 Å². The second kappa shape index (κ2) is 12.2. The topological polar surface area (TPSA) is 109 Å². The highest BCUT2D eigenvalue weighted by molar-refractivity contribution is 5.95. The lowest BCUT2D eigenvalue weighted by Crippen LogP contribution is -2.29. The number of amides is 1. The molecule has 0 fully saturated rings. The van der Waals surface area contributed by atoms with Gasteiger partial charge in [-0.1, -0.05) is 55.8 Å². The molecule has 2 heterocycles. The van der Waals surface area contributed by atoms with Crippen LogP contribution in [0.4, 0.5) is 5.69 Å². The molecule has 192 valence electrons. The van der Waals surface area contributed by atoms with Crippen molar-refractivity contribution in [3.05, 3.63) is 107 Å². The molecule has 0 saturated carbocycles. The van der Waals surface area contributed by atoms with E-state index in [0.29, 0.717) is 18.7 Å². The third-order valence-corrected chi connectivity index (χ3v) is 6.41. The molecule has 2 aromatic carbocycles. The Labute approximate surface area is 216 Å². The Bertz CT molecular complexity index is 1330. The first-order chi connectivity index (χ1) is 18.0. The first-order valence-electron chi connectivity index (χ1n) is 12.5. The normalized spacial score (nSPS) is 11.8. The quantitative estimate of drug-likeness (QED) is 0.262. The maximum Gasteiger partial charge on any atom is 0.352 e. The molecule has 8 heteroatoms. The van der Waals surface area contributed by atoms with Crippen LogP contribution in [-0.2, 0) is 30.8 Å². The molecule has 0 unspecified atom stereocenters. The number of nitrogens with zero attached hydrogens (tertiary/aromatic N) is 3. The fourth-order valence-electron chi connectivity index (χ4n) is 4.41. The van der Waals surface area contributed by atoms with Crippen LogP contribution in [0.2, 0.25) is 0 Å². The largest absolute Gasteiger partial charge is 0.477 e. The summed E-state index contributed by atoms with van der Waals surface area (Å²) in [5, 5.41) is 22.3. The van der Waals surface area contributed by atoms with Gasteiger partial charge in [-0.05, 0) is 41.8 Å². The van der Waals surface area contributed by atoms with Crippen LogP contribution in [-0.4, -0.2) is 36.2 Å². The Balaban J connectivity index is 1.51. The average molecular weight is 501 g/mol. The van der Waals surface area contributed by atoms with Crippen LogP contribution in [0.5, 0.6) is 0 Å². The fourth-order valence-corrected chi connectivity index (χ4v) is 4.41. The molecule has 4 aromatic rings. The van der Waals surface area contributed by atoms with Gasteiger partial charge in [0, 0.05) is 31.3 Å². The number of nitrogens with one attached hydrogen (secondary N) is 1. The minimum absolute atomic E-state index is 0.0605. The molecule has 0 radical (unpaired) electrons. The van der Waals surface area contributed by atoms with E-state index in [9.17, 15) is 19.8 Å². The van der Waals surface area contributed by atoms with E-state index in [0.717, 1.165) is 41.9 Å². The maximum absolute atomic E-state index is 13.4. The van der Waals surface area contributed by atoms with Gasteiger partial charge >= 0.3 is 5.97 Å². The Hall–Kier alpha value is -4.17. The summed E-state index contributed by atoms with van der Waals surface area (Å²) in [6.45, 7) is 2.63. The van der Waals surface area contributed by atoms with Gasteiger partial charge in [0.2, 0.25) is 5.91 Å². The lowest BCUT2D eigenvalue weighted by molar-refractivity contribution is -0.119. The zero-order valence-corrected chi connectivity index (χ0v) is 20.9. The number of benzene rings is 2. The lowest BCUT2D eigenvalue weighted by Gasteiger charge is -2.21. The van der Waals surface area contributed by atoms with Crippen molar-refractivity contribution in [1.29, 1.82) is 0 Å². The second-order valence-electron chi connectivity index (χ2n) is 9.01. The second-order valence-corrected chi connectivity index (χ2v) is 9.01. The number of aliphatic hydroxyl groups is 1. The predicted molar refractivity (Wildman–Crippen MR) is 142 cm³/mol. The third-order valence-electron chi connectivity index (χ3n) is 6.41. The number of carbonyl (C=O) groups is 2. The number of carboxylic acid groups (broad SMARTS) is 1. The highest BCUT2D eigenvalue weighted by Gasteiger charge is 2.25. The fraction of sp³-hybridized carbons (Fsp3) is 0.276. The van der Waals surface area contributed by atoms with Crippen molar-refractivity contribution in [3.8, 4) is 0 Å². The average Bonchev–Trinajstić information content (AvgIpc) is 3.55. The van der Waals surface area contributed by atoms with Gasteiger partial charge in [-0.25, -0.2) is 9.78 Å². The number of carbonyl (C=O) groups excluding carboxylic acids is 1. The van der Waals surface area contributed by atoms with E-state index in [-0.39, 0.29) is 18.2 Å². The van der Waals surface area contributed by atoms with Crippen molar-refractivity contribution in [1.82, 2.24) is 14.1 Å². The summed E-state index contributed by atoms with van der Waals surface area (Å²) < 4.78 is 3.55. The standard InChI is InChI=1S/C29H32N4O4/c1-2-3-11-27-30-18-24(20-34)33(27)19-22-12-14-23(15-13-22)31-28(35)26(17-21-8-5-4-6-9-21)32-16-7-10-25(32)29(36)37/h4-10,12-16,18,26,34H,2-3,11,17,19-20H2,1H3,(H,31,35)(H,36,37)/t26-/m0/s1. The zero-order chi connectivity index (χ0) is 26.2. The van der Waals surface area contributed by atoms with E-state index >= 15 is 0 Å². The van der Waals surface area contributed by atoms with Crippen LogP contribution in [0, 0.1) is 0 Å². The number of aromatic carboxylic acids is 1. The highest BCUT2D eigenvalue weighted by Crippen LogP contribution is 2.22. The van der Waals surface area contributed by atoms with Crippen molar-refractivity contribution in [2.45, 2.75) is 51.8 Å². The van der Waals surface area contributed by atoms with E-state index in [4.69, 9.17) is 0 Å². The highest BCUT2D eigenvalue weighted by atomic mass is 16.4. The number of aliphatic hydroxyl groups excluding tert-OH is 1. The minimum atomic E-state index is -1.08. The number of aromatic nitrogens is 3. The Kier molecular flexibility index (Phi) is 8.53. The summed E-state index contributed by atoms with van der Waals surface area (Å²) >= 11 is 0. The molecule has 0 aliphatic carbocycles. The summed E-state index contributed by atoms with van der Waals surface area (Å²) in [5.41, 5.74) is 3.40. The molecule has 0 aliphatic rings. The van der Waals surface area contributed by atoms with E-state index in [1.54, 1.807) is 18.5 Å². The molecule has 8 nitrogen and oxygen atoms in total. The molecule has 1 amide bonds. The van der Waals surface area contributed by atoms with E-state index < -0.39 is 12.0 Å². The Morgan fingerprint density at radius 3 is 2.43 bits per heavy atom. The maximum atomic E-state index is 13.4. The van der Waals surface area contributed by atoms with Gasteiger partial charge < -0.3 is 24.7 Å². The van der Waals surface area contributed by atoms with Gasteiger partial charge in [0.25, 0.3) is 0 Å². The number of hydrogen-bond donors (Lipinski definition) is 3. The van der Waals surface area contributed by atoms with Crippen molar-refractivity contribution in [2.24, 2.45) is 0 Å². The van der Waals surface area contributed by atoms with Crippen LogP contribution < -0.4 is 5.32 Å². The minimum Gasteiger partial charge on any atom is -0.477 e. The summed E-state index contributed by atoms with van der Waals surface area (Å²) in [7, 11) is 0. The Morgan fingerprint density at radius 1 is 1.00 bits per heavy atom. The molecule has 0 spiro atoms. The van der Waals surface area contributed by atoms with Crippen LogP contribution in [0.15, 0.2) is 79.1 Å². The van der Waals surface area contributed by atoms with Crippen LogP contribution >= 0.6 is 0 Å². The molecular weight excluding hydrogens is 468 g/mol. The molecule has 37 heavy (non-hydrogen) atoms. The number of carboxylic acids is 1. The molecule has 0 bridgehead atoms. The predicted octanol–water partition coefficient (Wildman–Crippen LogP) is 4.69. The van der Waals surface area contributed by atoms with Gasteiger partial charge in [-0.15, -0.1) is 0 Å². The number of aryl methyl sites for hydroxylation is 1. The number of imidazole rings is 1. The van der Waals surface area contributed by atoms with Gasteiger partial charge in [0.15, 0.2) is 0 Å². The SMILES string of the molecule is CCCCc1ncc(CO)n1Cc1ccc(NC(=O)[C@H](Cc2ccccc2)n2cccc2C(=O)O)cc1. The lowest BCUT2D eigenvalue weighted by atomic mass is 10.0. The first kappa shape index (κ1) is 25.9. The van der Waals surface area contributed by atoms with Crippen molar-refractivity contribution < 1.29 is 19.8 Å². The molecule has 0 aliphatic heterocycles. The zero-order valence-electron chi connectivity index (χ0n) is 20.9. The third kappa shape index (κ3) is 6.34. The van der Waals surface area contributed by atoms with E-state index in [1.165, 1.54) is 10.6 Å². The van der Waals surface area contributed by atoms with Crippen LogP contribution in [0.1, 0.15) is 58.9 Å². The van der Waals surface area contributed by atoms with Gasteiger partial charge in [0.1, 0.15) is 17.6 Å². The molecular formula is C29H32N4O4. The molecule has 1 atom stereocenters. The number of hydrogen-bond acceptors (Lipinski definition) is 4. The number of unbranched alkanes of at least 4 members (excludes halogenated alkanes) is 1. The summed E-state index contributed by atoms with van der Waals surface area (Å²) in [5.74, 6) is -0.428. The molecule has 0 saturated heterocycles.